The van der Waals surface area contributed by atoms with Gasteiger partial charge in [-0.25, -0.2) is 0 Å². The van der Waals surface area contributed by atoms with Gasteiger partial charge in [0.2, 0.25) is 0 Å². The van der Waals surface area contributed by atoms with Gasteiger partial charge in [0.1, 0.15) is 0 Å². The maximum absolute atomic E-state index is 6.04. The number of hydrogen-bond acceptors (Lipinski definition) is 2. The number of benzene rings is 1. The number of nitrogens with one attached hydrogen (secondary N) is 1. The molecule has 2 nitrogen and oxygen atoms in total. The minimum absolute atomic E-state index is 0.193. The van der Waals surface area contributed by atoms with E-state index in [0.29, 0.717) is 0 Å². The van der Waals surface area contributed by atoms with Crippen LogP contribution in [-0.4, -0.2) is 18.7 Å². The quantitative estimate of drug-likeness (QED) is 0.863. The van der Waals surface area contributed by atoms with Crippen molar-refractivity contribution in [3.05, 3.63) is 34.9 Å². The van der Waals surface area contributed by atoms with Gasteiger partial charge in [-0.1, -0.05) is 30.7 Å². The Hall–Kier alpha value is -0.860. The number of rotatable bonds is 2. The molecule has 2 atom stereocenters. The van der Waals surface area contributed by atoms with Crippen LogP contribution in [0.25, 0.3) is 0 Å². The maximum Gasteiger partial charge on any atom is 0.0951 e. The van der Waals surface area contributed by atoms with Crippen LogP contribution in [0.5, 0.6) is 0 Å². The molecule has 0 radical (unpaired) electrons. The van der Waals surface area contributed by atoms with E-state index in [0.717, 1.165) is 26.0 Å². The SMILES string of the molecule is CCC1(C)CCOC(c2ccc(C)cc2C)CN1. The molecule has 1 N–H and O–H groups in total. The van der Waals surface area contributed by atoms with Gasteiger partial charge >= 0.3 is 0 Å². The molecule has 0 aliphatic carbocycles. The van der Waals surface area contributed by atoms with Crippen molar-refractivity contribution < 1.29 is 4.74 Å². The Morgan fingerprint density at radius 1 is 1.39 bits per heavy atom. The molecule has 1 saturated heterocycles. The van der Waals surface area contributed by atoms with Crippen molar-refractivity contribution in [2.75, 3.05) is 13.2 Å². The monoisotopic (exact) mass is 247 g/mol. The third kappa shape index (κ3) is 2.93. The Morgan fingerprint density at radius 3 is 2.83 bits per heavy atom. The molecule has 0 bridgehead atoms. The van der Waals surface area contributed by atoms with E-state index in [9.17, 15) is 0 Å². The van der Waals surface area contributed by atoms with Crippen LogP contribution in [0.2, 0.25) is 0 Å². The summed E-state index contributed by atoms with van der Waals surface area (Å²) in [4.78, 5) is 0. The zero-order chi connectivity index (χ0) is 13.2. The second kappa shape index (κ2) is 5.41. The second-order valence-electron chi connectivity index (χ2n) is 5.76. The lowest BCUT2D eigenvalue weighted by Crippen LogP contribution is -2.42. The average Bonchev–Trinajstić information content (AvgIpc) is 2.53. The van der Waals surface area contributed by atoms with Gasteiger partial charge < -0.3 is 10.1 Å². The molecule has 2 unspecified atom stereocenters. The Balaban J connectivity index is 2.15. The van der Waals surface area contributed by atoms with Crippen LogP contribution in [-0.2, 0) is 4.74 Å². The fourth-order valence-corrected chi connectivity index (χ4v) is 2.60. The molecule has 1 heterocycles. The van der Waals surface area contributed by atoms with Gasteiger partial charge in [0.15, 0.2) is 0 Å². The highest BCUT2D eigenvalue weighted by Crippen LogP contribution is 2.27. The molecule has 1 fully saturated rings. The summed E-state index contributed by atoms with van der Waals surface area (Å²) in [6.07, 6.45) is 2.43. The molecule has 2 rings (SSSR count). The third-order valence-corrected chi connectivity index (χ3v) is 4.24. The Morgan fingerprint density at radius 2 is 2.17 bits per heavy atom. The molecule has 0 aromatic heterocycles. The highest BCUT2D eigenvalue weighted by molar-refractivity contribution is 5.32. The van der Waals surface area contributed by atoms with Crippen molar-refractivity contribution in [2.45, 2.75) is 52.2 Å². The summed E-state index contributed by atoms with van der Waals surface area (Å²) in [6.45, 7) is 10.6. The molecular weight excluding hydrogens is 222 g/mol. The molecule has 0 spiro atoms. The van der Waals surface area contributed by atoms with Gasteiger partial charge in [-0.15, -0.1) is 0 Å². The first-order chi connectivity index (χ1) is 8.54. The van der Waals surface area contributed by atoms with E-state index in [1.54, 1.807) is 0 Å². The van der Waals surface area contributed by atoms with Crippen molar-refractivity contribution in [1.82, 2.24) is 5.32 Å². The molecule has 0 amide bonds. The van der Waals surface area contributed by atoms with Gasteiger partial charge in [0.25, 0.3) is 0 Å². The van der Waals surface area contributed by atoms with Crippen molar-refractivity contribution in [1.29, 1.82) is 0 Å². The largest absolute Gasteiger partial charge is 0.372 e. The van der Waals surface area contributed by atoms with Gasteiger partial charge in [-0.05, 0) is 44.7 Å². The van der Waals surface area contributed by atoms with Crippen molar-refractivity contribution in [3.8, 4) is 0 Å². The van der Waals surface area contributed by atoms with E-state index >= 15 is 0 Å². The lowest BCUT2D eigenvalue weighted by atomic mass is 9.95. The first-order valence-corrected chi connectivity index (χ1v) is 6.98. The molecule has 0 saturated carbocycles. The zero-order valence-electron chi connectivity index (χ0n) is 12.0. The standard InChI is InChI=1S/C16H25NO/c1-5-16(4)8-9-18-15(11-17-16)14-7-6-12(2)10-13(14)3/h6-7,10,15,17H,5,8-9,11H2,1-4H3. The summed E-state index contributed by atoms with van der Waals surface area (Å²) >= 11 is 0. The maximum atomic E-state index is 6.04. The molecule has 100 valence electrons. The number of ether oxygens (including phenoxy) is 1. The van der Waals surface area contributed by atoms with Crippen molar-refractivity contribution in [2.24, 2.45) is 0 Å². The normalized spacial score (nSPS) is 29.0. The highest BCUT2D eigenvalue weighted by atomic mass is 16.5. The van der Waals surface area contributed by atoms with Crippen LogP contribution in [0.3, 0.4) is 0 Å². The molecule has 2 heteroatoms. The second-order valence-corrected chi connectivity index (χ2v) is 5.76. The summed E-state index contributed by atoms with van der Waals surface area (Å²) in [5.74, 6) is 0. The van der Waals surface area contributed by atoms with E-state index in [1.165, 1.54) is 16.7 Å². The predicted molar refractivity (Wildman–Crippen MR) is 75.9 cm³/mol. The molecule has 1 aliphatic heterocycles. The smallest absolute Gasteiger partial charge is 0.0951 e. The zero-order valence-corrected chi connectivity index (χ0v) is 12.0. The molecule has 18 heavy (non-hydrogen) atoms. The summed E-state index contributed by atoms with van der Waals surface area (Å²) in [5.41, 5.74) is 4.21. The molecule has 1 aromatic carbocycles. The lowest BCUT2D eigenvalue weighted by molar-refractivity contribution is 0.0649. The summed E-state index contributed by atoms with van der Waals surface area (Å²) in [6, 6.07) is 6.63. The Labute approximate surface area is 111 Å². The van der Waals surface area contributed by atoms with Gasteiger partial charge in [-0.3, -0.25) is 0 Å². The predicted octanol–water partition coefficient (Wildman–Crippen LogP) is 3.52. The van der Waals surface area contributed by atoms with Crippen LogP contribution in [0, 0.1) is 13.8 Å². The number of aryl methyl sites for hydroxylation is 2. The number of hydrogen-bond donors (Lipinski definition) is 1. The minimum atomic E-state index is 0.193. The molecule has 1 aliphatic rings. The van der Waals surface area contributed by atoms with E-state index in [4.69, 9.17) is 4.74 Å². The average molecular weight is 247 g/mol. The van der Waals surface area contributed by atoms with E-state index in [-0.39, 0.29) is 11.6 Å². The third-order valence-electron chi connectivity index (χ3n) is 4.24. The van der Waals surface area contributed by atoms with Crippen LogP contribution in [0.1, 0.15) is 49.5 Å². The summed E-state index contributed by atoms with van der Waals surface area (Å²) in [7, 11) is 0. The van der Waals surface area contributed by atoms with Crippen LogP contribution >= 0.6 is 0 Å². The molecular formula is C16H25NO. The van der Waals surface area contributed by atoms with E-state index in [1.807, 2.05) is 0 Å². The summed E-state index contributed by atoms with van der Waals surface area (Å²) < 4.78 is 6.04. The summed E-state index contributed by atoms with van der Waals surface area (Å²) in [5, 5.41) is 3.67. The first-order valence-electron chi connectivity index (χ1n) is 6.98. The van der Waals surface area contributed by atoms with Gasteiger partial charge in [0.05, 0.1) is 6.10 Å². The van der Waals surface area contributed by atoms with Crippen molar-refractivity contribution >= 4 is 0 Å². The Kier molecular flexibility index (Phi) is 4.08. The van der Waals surface area contributed by atoms with Gasteiger partial charge in [-0.2, -0.15) is 0 Å². The topological polar surface area (TPSA) is 21.3 Å². The molecule has 1 aromatic rings. The first kappa shape index (κ1) is 13.6. The highest BCUT2D eigenvalue weighted by Gasteiger charge is 2.27. The van der Waals surface area contributed by atoms with Crippen molar-refractivity contribution in [3.63, 3.8) is 0 Å². The minimum Gasteiger partial charge on any atom is -0.372 e. The van der Waals surface area contributed by atoms with Crippen LogP contribution < -0.4 is 5.32 Å². The lowest BCUT2D eigenvalue weighted by Gasteiger charge is -2.27. The van der Waals surface area contributed by atoms with E-state index < -0.39 is 0 Å². The fraction of sp³-hybridized carbons (Fsp3) is 0.625. The van der Waals surface area contributed by atoms with E-state index in [2.05, 4.69) is 51.2 Å². The van der Waals surface area contributed by atoms with Crippen LogP contribution in [0.4, 0.5) is 0 Å². The van der Waals surface area contributed by atoms with Crippen LogP contribution in [0.15, 0.2) is 18.2 Å². The Bertz CT molecular complexity index is 416. The van der Waals surface area contributed by atoms with Gasteiger partial charge in [0, 0.05) is 18.7 Å². The fourth-order valence-electron chi connectivity index (χ4n) is 2.60.